The smallest absolute Gasteiger partial charge is 0.421 e. The minimum absolute atomic E-state index is 0.0571. The standard InChI is InChI=1S/C21H26N6O3/c1-21(2,3)30-20(29)27-16(11-26-10-4-5-14(22)19(26)28)25-17-15(9-8-13-6-7-13)23-12-24-18(17)27/h4-5,10,12-13H,6-9,11,22H2,1-3H3. The Labute approximate surface area is 173 Å². The number of nitrogens with two attached hydrogens (primary N) is 1. The molecular formula is C21H26N6O3. The molecule has 158 valence electrons. The van der Waals surface area contributed by atoms with Gasteiger partial charge in [-0.15, -0.1) is 0 Å². The zero-order valence-corrected chi connectivity index (χ0v) is 17.5. The Balaban J connectivity index is 1.80. The van der Waals surface area contributed by atoms with Crippen LogP contribution in [0.2, 0.25) is 0 Å². The molecule has 1 aliphatic carbocycles. The van der Waals surface area contributed by atoms with E-state index >= 15 is 0 Å². The summed E-state index contributed by atoms with van der Waals surface area (Å²) in [6.45, 7) is 5.44. The number of aromatic nitrogens is 5. The maximum atomic E-state index is 13.0. The highest BCUT2D eigenvalue weighted by Gasteiger charge is 2.27. The van der Waals surface area contributed by atoms with Gasteiger partial charge in [0.15, 0.2) is 5.65 Å². The van der Waals surface area contributed by atoms with Gasteiger partial charge in [0.05, 0.1) is 17.9 Å². The molecule has 0 aromatic carbocycles. The minimum atomic E-state index is -0.694. The molecule has 0 bridgehead atoms. The van der Waals surface area contributed by atoms with Crippen LogP contribution in [0.4, 0.5) is 10.5 Å². The molecule has 0 unspecified atom stereocenters. The number of nitrogens with zero attached hydrogens (tertiary/aromatic N) is 5. The Morgan fingerprint density at radius 2 is 2.07 bits per heavy atom. The third-order valence-corrected chi connectivity index (χ3v) is 5.01. The molecule has 0 radical (unpaired) electrons. The van der Waals surface area contributed by atoms with E-state index in [1.165, 1.54) is 34.4 Å². The number of carbonyl (C=O) groups is 1. The van der Waals surface area contributed by atoms with Crippen molar-refractivity contribution in [2.45, 2.75) is 58.6 Å². The number of nitrogen functional groups attached to an aromatic ring is 1. The predicted molar refractivity (Wildman–Crippen MR) is 112 cm³/mol. The van der Waals surface area contributed by atoms with Crippen molar-refractivity contribution in [2.75, 3.05) is 5.73 Å². The monoisotopic (exact) mass is 410 g/mol. The number of rotatable bonds is 5. The van der Waals surface area contributed by atoms with E-state index in [9.17, 15) is 9.59 Å². The third kappa shape index (κ3) is 4.19. The number of hydrogen-bond donors (Lipinski definition) is 1. The first kappa shape index (κ1) is 20.1. The molecule has 3 aromatic heterocycles. The van der Waals surface area contributed by atoms with Crippen molar-refractivity contribution < 1.29 is 9.53 Å². The van der Waals surface area contributed by atoms with Gasteiger partial charge in [0.2, 0.25) is 0 Å². The lowest BCUT2D eigenvalue weighted by Gasteiger charge is -2.20. The quantitative estimate of drug-likeness (QED) is 0.687. The molecule has 0 atom stereocenters. The maximum absolute atomic E-state index is 13.0. The fourth-order valence-corrected chi connectivity index (χ4v) is 3.35. The second-order valence-electron chi connectivity index (χ2n) is 8.71. The number of ether oxygens (including phenoxy) is 1. The van der Waals surface area contributed by atoms with E-state index in [1.54, 1.807) is 33.0 Å². The summed E-state index contributed by atoms with van der Waals surface area (Å²) in [4.78, 5) is 38.8. The van der Waals surface area contributed by atoms with Crippen molar-refractivity contribution in [1.29, 1.82) is 0 Å². The molecule has 0 aliphatic heterocycles. The average molecular weight is 410 g/mol. The summed E-state index contributed by atoms with van der Waals surface area (Å²) in [5.74, 6) is 1.09. The molecule has 3 aromatic rings. The van der Waals surface area contributed by atoms with E-state index in [0.29, 0.717) is 17.0 Å². The molecule has 30 heavy (non-hydrogen) atoms. The van der Waals surface area contributed by atoms with Crippen LogP contribution in [0.1, 0.15) is 51.6 Å². The van der Waals surface area contributed by atoms with Gasteiger partial charge in [-0.25, -0.2) is 24.3 Å². The number of carbonyl (C=O) groups excluding carboxylic acids is 1. The van der Waals surface area contributed by atoms with Gasteiger partial charge in [-0.3, -0.25) is 4.79 Å². The minimum Gasteiger partial charge on any atom is -0.443 e. The topological polar surface area (TPSA) is 118 Å². The molecule has 0 saturated heterocycles. The number of aryl methyl sites for hydroxylation is 1. The lowest BCUT2D eigenvalue weighted by molar-refractivity contribution is 0.0537. The molecule has 9 heteroatoms. The third-order valence-electron chi connectivity index (χ3n) is 5.01. The Morgan fingerprint density at radius 1 is 1.30 bits per heavy atom. The Kier molecular flexibility index (Phi) is 5.05. The lowest BCUT2D eigenvalue weighted by Crippen LogP contribution is -2.30. The number of fused-ring (bicyclic) bond motifs is 1. The van der Waals surface area contributed by atoms with Crippen LogP contribution >= 0.6 is 0 Å². The van der Waals surface area contributed by atoms with Crippen molar-refractivity contribution in [1.82, 2.24) is 24.1 Å². The van der Waals surface area contributed by atoms with Gasteiger partial charge >= 0.3 is 6.09 Å². The molecule has 1 fully saturated rings. The summed E-state index contributed by atoms with van der Waals surface area (Å²) < 4.78 is 8.33. The van der Waals surface area contributed by atoms with Gasteiger partial charge in [-0.2, -0.15) is 0 Å². The molecule has 0 amide bonds. The maximum Gasteiger partial charge on any atom is 0.421 e. The van der Waals surface area contributed by atoms with Gasteiger partial charge in [-0.1, -0.05) is 12.8 Å². The van der Waals surface area contributed by atoms with E-state index in [0.717, 1.165) is 24.5 Å². The first-order valence-corrected chi connectivity index (χ1v) is 10.1. The number of imidazole rings is 1. The van der Waals surface area contributed by atoms with Gasteiger partial charge in [0.1, 0.15) is 23.3 Å². The summed E-state index contributed by atoms with van der Waals surface area (Å²) >= 11 is 0. The van der Waals surface area contributed by atoms with Gasteiger partial charge < -0.3 is 15.0 Å². The van der Waals surface area contributed by atoms with Crippen molar-refractivity contribution in [3.8, 4) is 0 Å². The number of hydrogen-bond acceptors (Lipinski definition) is 7. The summed E-state index contributed by atoms with van der Waals surface area (Å²) in [6.07, 6.45) is 6.78. The first-order chi connectivity index (χ1) is 14.2. The number of anilines is 1. The van der Waals surface area contributed by atoms with E-state index in [-0.39, 0.29) is 17.8 Å². The highest BCUT2D eigenvalue weighted by atomic mass is 16.6. The van der Waals surface area contributed by atoms with Crippen LogP contribution in [0.15, 0.2) is 29.5 Å². The van der Waals surface area contributed by atoms with Crippen LogP contribution in [0, 0.1) is 5.92 Å². The first-order valence-electron chi connectivity index (χ1n) is 10.1. The largest absolute Gasteiger partial charge is 0.443 e. The molecule has 2 N–H and O–H groups in total. The fraction of sp³-hybridized carbons (Fsp3) is 0.476. The lowest BCUT2D eigenvalue weighted by atomic mass is 10.1. The van der Waals surface area contributed by atoms with Crippen molar-refractivity contribution in [3.05, 3.63) is 46.5 Å². The van der Waals surface area contributed by atoms with Crippen molar-refractivity contribution >= 4 is 22.9 Å². The molecule has 1 saturated carbocycles. The van der Waals surface area contributed by atoms with Crippen LogP contribution in [-0.2, 0) is 17.7 Å². The summed E-state index contributed by atoms with van der Waals surface area (Å²) in [5.41, 5.74) is 6.59. The van der Waals surface area contributed by atoms with Crippen LogP contribution in [0.25, 0.3) is 11.2 Å². The van der Waals surface area contributed by atoms with Gasteiger partial charge in [0, 0.05) is 6.20 Å². The van der Waals surface area contributed by atoms with E-state index < -0.39 is 11.7 Å². The molecule has 3 heterocycles. The van der Waals surface area contributed by atoms with E-state index in [1.807, 2.05) is 0 Å². The predicted octanol–water partition coefficient (Wildman–Crippen LogP) is 2.74. The SMILES string of the molecule is CC(C)(C)OC(=O)n1c(Cn2cccc(N)c2=O)nc2c(CCC3CC3)ncnc21. The van der Waals surface area contributed by atoms with E-state index in [2.05, 4.69) is 15.0 Å². The van der Waals surface area contributed by atoms with Crippen molar-refractivity contribution in [2.24, 2.45) is 5.92 Å². The Morgan fingerprint density at radius 3 is 2.77 bits per heavy atom. The second kappa shape index (κ2) is 7.55. The fourth-order valence-electron chi connectivity index (χ4n) is 3.35. The van der Waals surface area contributed by atoms with Crippen LogP contribution in [-0.4, -0.2) is 35.8 Å². The molecule has 4 rings (SSSR count). The second-order valence-corrected chi connectivity index (χ2v) is 8.71. The summed E-state index contributed by atoms with van der Waals surface area (Å²) in [7, 11) is 0. The zero-order chi connectivity index (χ0) is 21.5. The van der Waals surface area contributed by atoms with E-state index in [4.69, 9.17) is 10.5 Å². The normalized spacial score (nSPS) is 14.2. The molecule has 1 aliphatic rings. The molecular weight excluding hydrogens is 384 g/mol. The highest BCUT2D eigenvalue weighted by molar-refractivity contribution is 5.86. The molecule has 9 nitrogen and oxygen atoms in total. The van der Waals surface area contributed by atoms with Crippen LogP contribution < -0.4 is 11.3 Å². The molecule has 0 spiro atoms. The number of pyridine rings is 1. The van der Waals surface area contributed by atoms with Gasteiger partial charge in [0.25, 0.3) is 5.56 Å². The van der Waals surface area contributed by atoms with Gasteiger partial charge in [-0.05, 0) is 51.7 Å². The average Bonchev–Trinajstić information content (AvgIpc) is 3.41. The van der Waals surface area contributed by atoms with Crippen molar-refractivity contribution in [3.63, 3.8) is 0 Å². The summed E-state index contributed by atoms with van der Waals surface area (Å²) in [6, 6.07) is 3.22. The van der Waals surface area contributed by atoms with Crippen LogP contribution in [0.5, 0.6) is 0 Å². The van der Waals surface area contributed by atoms with Crippen LogP contribution in [0.3, 0.4) is 0 Å². The Bertz CT molecular complexity index is 1150. The Hall–Kier alpha value is -3.23. The highest BCUT2D eigenvalue weighted by Crippen LogP contribution is 2.34. The summed E-state index contributed by atoms with van der Waals surface area (Å²) in [5, 5.41) is 0. The zero-order valence-electron chi connectivity index (χ0n) is 17.5.